The van der Waals surface area contributed by atoms with Crippen LogP contribution in [0.3, 0.4) is 0 Å². The van der Waals surface area contributed by atoms with Crippen molar-refractivity contribution in [3.63, 3.8) is 0 Å². The second-order valence-electron chi connectivity index (χ2n) is 18.0. The molecule has 14 aromatic rings. The van der Waals surface area contributed by atoms with Gasteiger partial charge < -0.3 is 8.98 Å². The minimum absolute atomic E-state index is 0.568. The van der Waals surface area contributed by atoms with E-state index >= 15 is 0 Å². The molecule has 14 rings (SSSR count). The number of para-hydroxylation sites is 2. The van der Waals surface area contributed by atoms with E-state index in [0.717, 1.165) is 88.0 Å². The molecule has 0 aliphatic heterocycles. The number of hydrogen-bond donors (Lipinski definition) is 0. The monoisotopic (exact) mass is 924 g/mol. The summed E-state index contributed by atoms with van der Waals surface area (Å²) in [6, 6.07) is 73.3. The molecule has 0 bridgehead atoms. The van der Waals surface area contributed by atoms with Crippen molar-refractivity contribution in [2.45, 2.75) is 0 Å². The first-order valence-electron chi connectivity index (χ1n) is 23.7. The number of benzene rings is 10. The standard InChI is InChI=1S/C65H40N4OS/c1-3-46-52-34-31-41(38-59(52)71-58(46)4-2)40-19-14-20-42(35-40)47-28-16-29-55-60-53-26-10-8-23-48(53)49-24-9-11-27-54(49)62(60)69(61(47)55)45-22-15-21-43(36-45)64-66-63(39-17-6-5-7-18-39)67-65(68-64)44-32-33-51-50-25-12-13-30-56(50)70-57(51)37-44/h3-38H,1-2H2. The van der Waals surface area contributed by atoms with Crippen LogP contribution >= 0.6 is 11.3 Å². The van der Waals surface area contributed by atoms with Crippen molar-refractivity contribution >= 4 is 98.9 Å². The van der Waals surface area contributed by atoms with E-state index in [1.807, 2.05) is 66.7 Å². The Hall–Kier alpha value is -9.23. The van der Waals surface area contributed by atoms with Gasteiger partial charge >= 0.3 is 0 Å². The SMILES string of the molecule is C=Cc1sc2cc(-c3cccc(-c4cccc5c6c7ccccc7c7ccccc7c6n(-c6cccc(-c7nc(-c8ccccc8)nc(-c8ccc9c(c8)oc8ccccc89)n7)c6)c45)c3)ccc2c1C=C. The summed E-state index contributed by atoms with van der Waals surface area (Å²) in [7, 11) is 0. The van der Waals surface area contributed by atoms with Crippen LogP contribution < -0.4 is 0 Å². The van der Waals surface area contributed by atoms with Crippen molar-refractivity contribution in [2.75, 3.05) is 0 Å². The second-order valence-corrected chi connectivity index (χ2v) is 19.0. The highest BCUT2D eigenvalue weighted by molar-refractivity contribution is 7.20. The van der Waals surface area contributed by atoms with Crippen LogP contribution in [0.25, 0.3) is 150 Å². The van der Waals surface area contributed by atoms with E-state index in [4.69, 9.17) is 19.4 Å². The van der Waals surface area contributed by atoms with E-state index in [-0.39, 0.29) is 0 Å². The van der Waals surface area contributed by atoms with Gasteiger partial charge in [-0.15, -0.1) is 11.3 Å². The van der Waals surface area contributed by atoms with E-state index in [0.29, 0.717) is 17.5 Å². The lowest BCUT2D eigenvalue weighted by Gasteiger charge is -2.15. The molecule has 0 N–H and O–H groups in total. The maximum absolute atomic E-state index is 6.35. The Kier molecular flexibility index (Phi) is 9.31. The Bertz CT molecular complexity index is 4520. The zero-order valence-electron chi connectivity index (χ0n) is 38.3. The molecule has 0 spiro atoms. The van der Waals surface area contributed by atoms with Crippen LogP contribution in [-0.2, 0) is 0 Å². The van der Waals surface area contributed by atoms with Crippen LogP contribution in [0.15, 0.2) is 224 Å². The van der Waals surface area contributed by atoms with Crippen LogP contribution in [0.2, 0.25) is 0 Å². The van der Waals surface area contributed by atoms with Crippen LogP contribution in [0.5, 0.6) is 0 Å². The number of thiophene rings is 1. The number of nitrogens with zero attached hydrogens (tertiary/aromatic N) is 4. The minimum Gasteiger partial charge on any atom is -0.456 e. The summed E-state index contributed by atoms with van der Waals surface area (Å²) in [5.74, 6) is 1.74. The number of aromatic nitrogens is 4. The van der Waals surface area contributed by atoms with Gasteiger partial charge in [-0.05, 0) is 80.9 Å². The maximum atomic E-state index is 6.35. The molecule has 0 amide bonds. The highest BCUT2D eigenvalue weighted by Crippen LogP contribution is 2.46. The number of furan rings is 1. The third kappa shape index (κ3) is 6.49. The molecular formula is C65H40N4OS. The first kappa shape index (κ1) is 40.8. The molecule has 0 fully saturated rings. The largest absolute Gasteiger partial charge is 0.456 e. The summed E-state index contributed by atoms with van der Waals surface area (Å²) < 4.78 is 10.0. The van der Waals surface area contributed by atoms with Crippen LogP contribution in [0.4, 0.5) is 0 Å². The Morgan fingerprint density at radius 1 is 0.394 bits per heavy atom. The fraction of sp³-hybridized carbons (Fsp3) is 0. The predicted octanol–water partition coefficient (Wildman–Crippen LogP) is 18.0. The number of fused-ring (bicyclic) bond motifs is 12. The lowest BCUT2D eigenvalue weighted by Crippen LogP contribution is -2.01. The van der Waals surface area contributed by atoms with Crippen molar-refractivity contribution < 1.29 is 4.42 Å². The lowest BCUT2D eigenvalue weighted by molar-refractivity contribution is 0.669. The Morgan fingerprint density at radius 3 is 1.77 bits per heavy atom. The van der Waals surface area contributed by atoms with E-state index in [1.165, 1.54) is 42.4 Å². The van der Waals surface area contributed by atoms with Gasteiger partial charge in [0.05, 0.1) is 11.0 Å². The summed E-state index contributed by atoms with van der Waals surface area (Å²) in [4.78, 5) is 16.7. The van der Waals surface area contributed by atoms with Gasteiger partial charge in [-0.25, -0.2) is 15.0 Å². The molecule has 0 aliphatic rings. The Balaban J connectivity index is 1.00. The third-order valence-electron chi connectivity index (χ3n) is 14.0. The molecule has 71 heavy (non-hydrogen) atoms. The van der Waals surface area contributed by atoms with Gasteiger partial charge in [0.2, 0.25) is 0 Å². The molecule has 0 saturated carbocycles. The number of hydrogen-bond acceptors (Lipinski definition) is 5. The van der Waals surface area contributed by atoms with Gasteiger partial charge in [0.15, 0.2) is 17.5 Å². The van der Waals surface area contributed by atoms with Gasteiger partial charge in [0.1, 0.15) is 11.2 Å². The van der Waals surface area contributed by atoms with Crippen molar-refractivity contribution in [2.24, 2.45) is 0 Å². The van der Waals surface area contributed by atoms with E-state index < -0.39 is 0 Å². The van der Waals surface area contributed by atoms with Crippen LogP contribution in [-0.4, -0.2) is 19.5 Å². The van der Waals surface area contributed by atoms with Gasteiger partial charge in [0.25, 0.3) is 0 Å². The molecular weight excluding hydrogens is 885 g/mol. The van der Waals surface area contributed by atoms with Crippen LogP contribution in [0.1, 0.15) is 10.4 Å². The van der Waals surface area contributed by atoms with Gasteiger partial charge in [-0.3, -0.25) is 0 Å². The van der Waals surface area contributed by atoms with Crippen molar-refractivity contribution in [1.29, 1.82) is 0 Å². The van der Waals surface area contributed by atoms with E-state index in [1.54, 1.807) is 11.3 Å². The summed E-state index contributed by atoms with van der Waals surface area (Å²) in [6.45, 7) is 8.18. The summed E-state index contributed by atoms with van der Waals surface area (Å²) in [6.07, 6.45) is 3.86. The Morgan fingerprint density at radius 2 is 0.972 bits per heavy atom. The van der Waals surface area contributed by atoms with Crippen LogP contribution in [0, 0.1) is 0 Å². The minimum atomic E-state index is 0.568. The van der Waals surface area contributed by atoms with Crippen molar-refractivity contribution in [3.8, 4) is 62.1 Å². The van der Waals surface area contributed by atoms with E-state index in [9.17, 15) is 0 Å². The average Bonchev–Trinajstić information content (AvgIpc) is 4.13. The molecule has 0 aliphatic carbocycles. The molecule has 10 aromatic carbocycles. The zero-order valence-corrected chi connectivity index (χ0v) is 39.1. The van der Waals surface area contributed by atoms with Gasteiger partial charge in [-0.1, -0.05) is 189 Å². The third-order valence-corrected chi connectivity index (χ3v) is 15.1. The van der Waals surface area contributed by atoms with Gasteiger partial charge in [-0.2, -0.15) is 0 Å². The average molecular weight is 925 g/mol. The fourth-order valence-corrected chi connectivity index (χ4v) is 11.9. The molecule has 4 heterocycles. The quantitative estimate of drug-likeness (QED) is 0.143. The molecule has 4 aromatic heterocycles. The zero-order chi connectivity index (χ0) is 47.2. The molecule has 332 valence electrons. The topological polar surface area (TPSA) is 56.7 Å². The smallest absolute Gasteiger partial charge is 0.164 e. The summed E-state index contributed by atoms with van der Waals surface area (Å²) >= 11 is 1.75. The summed E-state index contributed by atoms with van der Waals surface area (Å²) in [5.41, 5.74) is 13.2. The second kappa shape index (κ2) is 16.2. The molecule has 0 atom stereocenters. The first-order valence-corrected chi connectivity index (χ1v) is 24.5. The number of rotatable bonds is 8. The highest BCUT2D eigenvalue weighted by atomic mass is 32.1. The van der Waals surface area contributed by atoms with Gasteiger partial charge in [0, 0.05) is 69.8 Å². The Labute approximate surface area is 412 Å². The predicted molar refractivity (Wildman–Crippen MR) is 299 cm³/mol. The van der Waals surface area contributed by atoms with Crippen molar-refractivity contribution in [3.05, 3.63) is 230 Å². The fourth-order valence-electron chi connectivity index (χ4n) is 10.8. The van der Waals surface area contributed by atoms with Crippen molar-refractivity contribution in [1.82, 2.24) is 19.5 Å². The lowest BCUT2D eigenvalue weighted by atomic mass is 9.95. The first-order chi connectivity index (χ1) is 35.1. The highest BCUT2D eigenvalue weighted by Gasteiger charge is 2.23. The molecule has 0 saturated heterocycles. The molecule has 0 unspecified atom stereocenters. The molecule has 5 nitrogen and oxygen atoms in total. The summed E-state index contributed by atoms with van der Waals surface area (Å²) in [5, 5.41) is 10.6. The normalized spacial score (nSPS) is 11.8. The van der Waals surface area contributed by atoms with E-state index in [2.05, 4.69) is 169 Å². The maximum Gasteiger partial charge on any atom is 0.164 e. The molecule has 0 radical (unpaired) electrons. The molecule has 6 heteroatoms.